The number of rotatable bonds is 8. The molecule has 4 rings (SSSR count). The number of anilines is 1. The van der Waals surface area contributed by atoms with Crippen molar-refractivity contribution in [2.24, 2.45) is 11.3 Å². The number of amides is 1. The van der Waals surface area contributed by atoms with Crippen molar-refractivity contribution in [3.63, 3.8) is 0 Å². The van der Waals surface area contributed by atoms with Crippen LogP contribution in [0.4, 0.5) is 18.9 Å². The summed E-state index contributed by atoms with van der Waals surface area (Å²) in [7, 11) is 0. The van der Waals surface area contributed by atoms with Crippen LogP contribution in [-0.2, 0) is 4.79 Å². The van der Waals surface area contributed by atoms with E-state index in [1.165, 1.54) is 13.0 Å². The molecule has 2 aliphatic carbocycles. The van der Waals surface area contributed by atoms with Gasteiger partial charge in [0.25, 0.3) is 0 Å². The molecule has 3 N–H and O–H groups in total. The molecule has 0 bridgehead atoms. The van der Waals surface area contributed by atoms with Crippen molar-refractivity contribution in [1.29, 1.82) is 0 Å². The molecule has 182 valence electrons. The van der Waals surface area contributed by atoms with Gasteiger partial charge in [-0.3, -0.25) is 4.79 Å². The van der Waals surface area contributed by atoms with E-state index in [1.807, 2.05) is 18.2 Å². The molecule has 34 heavy (non-hydrogen) atoms. The van der Waals surface area contributed by atoms with Gasteiger partial charge in [0.05, 0.1) is 29.4 Å². The van der Waals surface area contributed by atoms with Gasteiger partial charge in [0.2, 0.25) is 5.91 Å². The van der Waals surface area contributed by atoms with Crippen molar-refractivity contribution in [3.05, 3.63) is 60.3 Å². The lowest BCUT2D eigenvalue weighted by Gasteiger charge is -2.38. The first kappa shape index (κ1) is 24.1. The number of carbonyl (C=O) groups excluding carboxylic acids is 1. The number of aromatic amines is 1. The van der Waals surface area contributed by atoms with Gasteiger partial charge in [0.1, 0.15) is 5.75 Å². The maximum atomic E-state index is 12.8. The molecule has 2 saturated carbocycles. The minimum Gasteiger partial charge on any atom is -0.490 e. The van der Waals surface area contributed by atoms with Gasteiger partial charge in [-0.2, -0.15) is 13.2 Å². The molecule has 1 heterocycles. The van der Waals surface area contributed by atoms with Crippen LogP contribution in [0.1, 0.15) is 39.0 Å². The van der Waals surface area contributed by atoms with Gasteiger partial charge in [-0.15, -0.1) is 0 Å². The SMILES string of the molecule is C=C(/C=C\C(=C/C)C(F)(F)F)[C@H]1C[C@@H](Oc2ccc3[nH]cc(NC(=O)C4(CO)CCC4)c3c2)C1. The summed E-state index contributed by atoms with van der Waals surface area (Å²) in [5.41, 5.74) is 0.765. The molecule has 2 aliphatic rings. The van der Waals surface area contributed by atoms with Gasteiger partial charge in [-0.1, -0.05) is 36.8 Å². The number of aliphatic hydroxyl groups is 1. The van der Waals surface area contributed by atoms with E-state index in [-0.39, 0.29) is 24.5 Å². The monoisotopic (exact) mass is 474 g/mol. The predicted molar refractivity (Wildman–Crippen MR) is 126 cm³/mol. The zero-order valence-electron chi connectivity index (χ0n) is 19.0. The second-order valence-electron chi connectivity index (χ2n) is 9.21. The Kier molecular flexibility index (Phi) is 6.62. The third-order valence-corrected chi connectivity index (χ3v) is 7.03. The van der Waals surface area contributed by atoms with E-state index in [0.717, 1.165) is 29.5 Å². The fraction of sp³-hybridized carbons (Fsp3) is 0.423. The molecule has 1 aromatic heterocycles. The summed E-state index contributed by atoms with van der Waals surface area (Å²) in [6, 6.07) is 5.58. The molecule has 0 spiro atoms. The van der Waals surface area contributed by atoms with Gasteiger partial charge in [-0.05, 0) is 56.7 Å². The van der Waals surface area contributed by atoms with Gasteiger partial charge in [0.15, 0.2) is 0 Å². The number of nitrogens with one attached hydrogen (secondary N) is 2. The first-order chi connectivity index (χ1) is 16.1. The third kappa shape index (κ3) is 4.78. The number of hydrogen-bond acceptors (Lipinski definition) is 3. The topological polar surface area (TPSA) is 74.3 Å². The van der Waals surface area contributed by atoms with E-state index >= 15 is 0 Å². The Bertz CT molecular complexity index is 1130. The number of ether oxygens (including phenoxy) is 1. The number of aromatic nitrogens is 1. The average molecular weight is 475 g/mol. The second-order valence-corrected chi connectivity index (χ2v) is 9.21. The van der Waals surface area contributed by atoms with E-state index < -0.39 is 17.2 Å². The summed E-state index contributed by atoms with van der Waals surface area (Å²) in [6.45, 7) is 5.12. The number of aliphatic hydroxyl groups excluding tert-OH is 1. The van der Waals surface area contributed by atoms with E-state index in [0.29, 0.717) is 42.7 Å². The number of H-pyrrole nitrogens is 1. The van der Waals surface area contributed by atoms with Gasteiger partial charge in [-0.25, -0.2) is 0 Å². The zero-order valence-corrected chi connectivity index (χ0v) is 19.0. The summed E-state index contributed by atoms with van der Waals surface area (Å²) >= 11 is 0. The molecule has 0 radical (unpaired) electrons. The van der Waals surface area contributed by atoms with Crippen molar-refractivity contribution in [2.75, 3.05) is 11.9 Å². The summed E-state index contributed by atoms with van der Waals surface area (Å²) in [4.78, 5) is 15.8. The molecule has 5 nitrogen and oxygen atoms in total. The van der Waals surface area contributed by atoms with E-state index in [1.54, 1.807) is 6.20 Å². The van der Waals surface area contributed by atoms with Gasteiger partial charge >= 0.3 is 6.18 Å². The smallest absolute Gasteiger partial charge is 0.416 e. The van der Waals surface area contributed by atoms with Crippen LogP contribution in [0.2, 0.25) is 0 Å². The largest absolute Gasteiger partial charge is 0.490 e. The third-order valence-electron chi connectivity index (χ3n) is 7.03. The maximum absolute atomic E-state index is 12.8. The minimum atomic E-state index is -4.37. The molecule has 2 fully saturated rings. The quantitative estimate of drug-likeness (QED) is 0.408. The molecule has 0 atom stereocenters. The standard InChI is InChI=1S/C26H29F3N2O3/c1-3-18(26(27,28)29)6-5-16(2)17-11-20(12-17)34-19-7-8-22-21(13-19)23(14-30-22)31-24(33)25(15-32)9-4-10-25/h3,5-8,13-14,17,20,30,32H,2,4,9-12,15H2,1H3,(H,31,33)/b6-5-,18-3+/t17-,20+. The van der Waals surface area contributed by atoms with Crippen LogP contribution < -0.4 is 10.1 Å². The number of hydrogen-bond donors (Lipinski definition) is 3. The number of allylic oxidation sites excluding steroid dienone is 5. The summed E-state index contributed by atoms with van der Waals surface area (Å²) in [6.07, 6.45) is 4.49. The summed E-state index contributed by atoms with van der Waals surface area (Å²) in [5, 5.41) is 13.4. The highest BCUT2D eigenvalue weighted by Gasteiger charge is 2.43. The highest BCUT2D eigenvalue weighted by molar-refractivity contribution is 6.04. The fourth-order valence-electron chi connectivity index (χ4n) is 4.44. The van der Waals surface area contributed by atoms with Crippen LogP contribution in [0.5, 0.6) is 5.75 Å². The van der Waals surface area contributed by atoms with Crippen LogP contribution in [-0.4, -0.2) is 34.9 Å². The minimum absolute atomic E-state index is 0.0546. The zero-order chi connectivity index (χ0) is 24.5. The Balaban J connectivity index is 1.35. The molecular formula is C26H29F3N2O3. The van der Waals surface area contributed by atoms with Crippen molar-refractivity contribution in [1.82, 2.24) is 4.98 Å². The van der Waals surface area contributed by atoms with Crippen molar-refractivity contribution in [3.8, 4) is 5.75 Å². The number of carbonyl (C=O) groups is 1. The fourth-order valence-corrected chi connectivity index (χ4v) is 4.44. The Hall–Kier alpha value is -3.00. The van der Waals surface area contributed by atoms with Gasteiger partial charge < -0.3 is 20.1 Å². The van der Waals surface area contributed by atoms with Crippen LogP contribution in [0, 0.1) is 11.3 Å². The number of fused-ring (bicyclic) bond motifs is 1. The van der Waals surface area contributed by atoms with Crippen LogP contribution in [0.25, 0.3) is 10.9 Å². The lowest BCUT2D eigenvalue weighted by molar-refractivity contribution is -0.133. The first-order valence-electron chi connectivity index (χ1n) is 11.5. The molecule has 0 aliphatic heterocycles. The second kappa shape index (κ2) is 9.33. The highest BCUT2D eigenvalue weighted by atomic mass is 19.4. The number of alkyl halides is 3. The Morgan fingerprint density at radius 1 is 1.32 bits per heavy atom. The number of halogens is 3. The lowest BCUT2D eigenvalue weighted by Crippen LogP contribution is -2.44. The molecule has 0 unspecified atom stereocenters. The van der Waals surface area contributed by atoms with E-state index in [9.17, 15) is 23.1 Å². The van der Waals surface area contributed by atoms with Crippen molar-refractivity contribution >= 4 is 22.5 Å². The Morgan fingerprint density at radius 2 is 2.06 bits per heavy atom. The summed E-state index contributed by atoms with van der Waals surface area (Å²) in [5.74, 6) is 0.560. The maximum Gasteiger partial charge on any atom is 0.416 e. The van der Waals surface area contributed by atoms with Crippen LogP contribution in [0.3, 0.4) is 0 Å². The van der Waals surface area contributed by atoms with Crippen molar-refractivity contribution < 1.29 is 27.8 Å². The molecule has 1 aromatic carbocycles. The molecule has 0 saturated heterocycles. The summed E-state index contributed by atoms with van der Waals surface area (Å²) < 4.78 is 44.6. The Morgan fingerprint density at radius 3 is 2.65 bits per heavy atom. The van der Waals surface area contributed by atoms with Crippen LogP contribution >= 0.6 is 0 Å². The molecule has 8 heteroatoms. The van der Waals surface area contributed by atoms with Gasteiger partial charge in [0, 0.05) is 17.1 Å². The highest BCUT2D eigenvalue weighted by Crippen LogP contribution is 2.42. The average Bonchev–Trinajstić information content (AvgIpc) is 3.11. The molecular weight excluding hydrogens is 445 g/mol. The Labute approximate surface area is 196 Å². The van der Waals surface area contributed by atoms with Crippen molar-refractivity contribution in [2.45, 2.75) is 51.3 Å². The predicted octanol–water partition coefficient (Wildman–Crippen LogP) is 6.05. The van der Waals surface area contributed by atoms with E-state index in [4.69, 9.17) is 4.74 Å². The first-order valence-corrected chi connectivity index (χ1v) is 11.5. The molecule has 1 amide bonds. The van der Waals surface area contributed by atoms with Crippen LogP contribution in [0.15, 0.2) is 60.3 Å². The lowest BCUT2D eigenvalue weighted by atomic mass is 9.68. The normalized spacial score (nSPS) is 22.3. The molecule has 2 aromatic rings. The van der Waals surface area contributed by atoms with E-state index in [2.05, 4.69) is 16.9 Å². The number of benzene rings is 1.